The van der Waals surface area contributed by atoms with E-state index in [4.69, 9.17) is 4.74 Å². The maximum absolute atomic E-state index is 11.6. The number of nitrogens with zero attached hydrogens (tertiary/aromatic N) is 1. The van der Waals surface area contributed by atoms with E-state index in [2.05, 4.69) is 22.8 Å². The summed E-state index contributed by atoms with van der Waals surface area (Å²) in [6.45, 7) is 2.86. The molecule has 0 atom stereocenters. The zero-order valence-corrected chi connectivity index (χ0v) is 13.2. The Labute approximate surface area is 136 Å². The van der Waals surface area contributed by atoms with Crippen LogP contribution in [0, 0.1) is 0 Å². The van der Waals surface area contributed by atoms with Crippen LogP contribution in [-0.2, 0) is 0 Å². The molecule has 120 valence electrons. The molecule has 0 unspecified atom stereocenters. The van der Waals surface area contributed by atoms with Crippen molar-refractivity contribution in [2.24, 2.45) is 5.10 Å². The number of ether oxygens (including phenoxy) is 1. The molecule has 0 aromatic heterocycles. The first-order valence-corrected chi connectivity index (χ1v) is 7.66. The van der Waals surface area contributed by atoms with Gasteiger partial charge in [-0.1, -0.05) is 31.5 Å². The molecule has 0 fully saturated rings. The van der Waals surface area contributed by atoms with Gasteiger partial charge in [0.2, 0.25) is 0 Å². The van der Waals surface area contributed by atoms with E-state index < -0.39 is 0 Å². The summed E-state index contributed by atoms with van der Waals surface area (Å²) in [6, 6.07) is 16.4. The number of para-hydroxylation sites is 1. The number of hydrogen-bond acceptors (Lipinski definition) is 3. The fourth-order valence-electron chi connectivity index (χ4n) is 1.83. The van der Waals surface area contributed by atoms with Gasteiger partial charge >= 0.3 is 6.03 Å². The summed E-state index contributed by atoms with van der Waals surface area (Å²) >= 11 is 0. The molecule has 2 rings (SSSR count). The van der Waals surface area contributed by atoms with E-state index in [9.17, 15) is 4.79 Å². The van der Waals surface area contributed by atoms with Gasteiger partial charge in [-0.15, -0.1) is 0 Å². The maximum Gasteiger partial charge on any atom is 0.339 e. The molecule has 0 bridgehead atoms. The van der Waals surface area contributed by atoms with Crippen molar-refractivity contribution in [2.45, 2.75) is 19.8 Å². The lowest BCUT2D eigenvalue weighted by Crippen LogP contribution is -2.24. The molecule has 0 aliphatic carbocycles. The largest absolute Gasteiger partial charge is 0.494 e. The third kappa shape index (κ3) is 6.22. The Kier molecular flexibility index (Phi) is 6.65. The number of urea groups is 1. The fraction of sp³-hybridized carbons (Fsp3) is 0.222. The molecular weight excluding hydrogens is 290 g/mol. The highest BCUT2D eigenvalue weighted by Gasteiger charge is 1.98. The van der Waals surface area contributed by atoms with Gasteiger partial charge < -0.3 is 10.1 Å². The quantitative estimate of drug-likeness (QED) is 0.461. The zero-order valence-electron chi connectivity index (χ0n) is 13.2. The average Bonchev–Trinajstić information content (AvgIpc) is 2.57. The van der Waals surface area contributed by atoms with Gasteiger partial charge in [0.15, 0.2) is 0 Å². The van der Waals surface area contributed by atoms with Gasteiger partial charge in [-0.05, 0) is 48.4 Å². The molecule has 0 heterocycles. The number of amides is 2. The minimum atomic E-state index is -0.382. The van der Waals surface area contributed by atoms with Gasteiger partial charge in [-0.25, -0.2) is 10.2 Å². The van der Waals surface area contributed by atoms with E-state index >= 15 is 0 Å². The summed E-state index contributed by atoms with van der Waals surface area (Å²) in [6.07, 6.45) is 3.74. The Morgan fingerprint density at radius 1 is 1.13 bits per heavy atom. The van der Waals surface area contributed by atoms with E-state index in [1.807, 2.05) is 42.5 Å². The van der Waals surface area contributed by atoms with Crippen LogP contribution in [0.2, 0.25) is 0 Å². The molecule has 5 nitrogen and oxygen atoms in total. The van der Waals surface area contributed by atoms with Crippen molar-refractivity contribution in [3.05, 3.63) is 60.2 Å². The van der Waals surface area contributed by atoms with Crippen LogP contribution in [0.4, 0.5) is 10.5 Å². The number of anilines is 1. The van der Waals surface area contributed by atoms with Crippen molar-refractivity contribution < 1.29 is 9.53 Å². The predicted molar refractivity (Wildman–Crippen MR) is 93.0 cm³/mol. The summed E-state index contributed by atoms with van der Waals surface area (Å²) in [7, 11) is 0. The third-order valence-electron chi connectivity index (χ3n) is 3.06. The second-order valence-corrected chi connectivity index (χ2v) is 4.96. The topological polar surface area (TPSA) is 62.7 Å². The Morgan fingerprint density at radius 2 is 1.87 bits per heavy atom. The number of hydrazone groups is 1. The molecule has 0 saturated heterocycles. The number of unbranched alkanes of at least 4 members (excludes halogenated alkanes) is 1. The van der Waals surface area contributed by atoms with Crippen LogP contribution < -0.4 is 15.5 Å². The summed E-state index contributed by atoms with van der Waals surface area (Å²) in [4.78, 5) is 11.6. The third-order valence-corrected chi connectivity index (χ3v) is 3.06. The van der Waals surface area contributed by atoms with Crippen LogP contribution in [-0.4, -0.2) is 18.9 Å². The molecule has 2 N–H and O–H groups in total. The van der Waals surface area contributed by atoms with Gasteiger partial charge in [0.25, 0.3) is 0 Å². The van der Waals surface area contributed by atoms with E-state index in [-0.39, 0.29) is 6.03 Å². The first-order valence-electron chi connectivity index (χ1n) is 7.66. The molecule has 5 heteroatoms. The average molecular weight is 311 g/mol. The summed E-state index contributed by atoms with van der Waals surface area (Å²) < 4.78 is 5.59. The smallest absolute Gasteiger partial charge is 0.339 e. The zero-order chi connectivity index (χ0) is 16.3. The van der Waals surface area contributed by atoms with Gasteiger partial charge in [0, 0.05) is 5.69 Å². The lowest BCUT2D eigenvalue weighted by Gasteiger charge is -2.05. The SMILES string of the molecule is CCCCOc1ccc(C=NNC(=O)Nc2ccccc2)cc1. The van der Waals surface area contributed by atoms with Gasteiger partial charge in [0.05, 0.1) is 12.8 Å². The maximum atomic E-state index is 11.6. The van der Waals surface area contributed by atoms with Crippen LogP contribution in [0.3, 0.4) is 0 Å². The molecule has 2 aromatic rings. The van der Waals surface area contributed by atoms with Crippen LogP contribution in [0.1, 0.15) is 25.3 Å². The Morgan fingerprint density at radius 3 is 2.57 bits per heavy atom. The van der Waals surface area contributed by atoms with E-state index in [1.165, 1.54) is 0 Å². The van der Waals surface area contributed by atoms with E-state index in [0.29, 0.717) is 5.69 Å². The second-order valence-electron chi connectivity index (χ2n) is 4.96. The molecule has 23 heavy (non-hydrogen) atoms. The van der Waals surface area contributed by atoms with Crippen molar-refractivity contribution in [3.8, 4) is 5.75 Å². The summed E-state index contributed by atoms with van der Waals surface area (Å²) in [5, 5.41) is 6.60. The number of benzene rings is 2. The molecule has 0 saturated carbocycles. The Balaban J connectivity index is 1.77. The highest BCUT2D eigenvalue weighted by atomic mass is 16.5. The van der Waals surface area contributed by atoms with Gasteiger partial charge in [-0.2, -0.15) is 5.10 Å². The molecule has 2 aromatic carbocycles. The van der Waals surface area contributed by atoms with E-state index in [0.717, 1.165) is 30.8 Å². The molecule has 2 amide bonds. The number of carbonyl (C=O) groups excluding carboxylic acids is 1. The molecule has 0 radical (unpaired) electrons. The Hall–Kier alpha value is -2.82. The van der Waals surface area contributed by atoms with Crippen LogP contribution in [0.5, 0.6) is 5.75 Å². The van der Waals surface area contributed by atoms with Crippen LogP contribution in [0.25, 0.3) is 0 Å². The van der Waals surface area contributed by atoms with Crippen molar-refractivity contribution in [3.63, 3.8) is 0 Å². The number of carbonyl (C=O) groups is 1. The molecule has 0 aliphatic rings. The normalized spacial score (nSPS) is 10.5. The van der Waals surface area contributed by atoms with Crippen molar-refractivity contribution in [1.29, 1.82) is 0 Å². The number of hydrogen-bond donors (Lipinski definition) is 2. The Bertz CT molecular complexity index is 624. The number of nitrogens with one attached hydrogen (secondary N) is 2. The minimum Gasteiger partial charge on any atom is -0.494 e. The van der Waals surface area contributed by atoms with Crippen molar-refractivity contribution >= 4 is 17.9 Å². The first-order chi connectivity index (χ1) is 11.3. The predicted octanol–water partition coefficient (Wildman–Crippen LogP) is 4.02. The van der Waals surface area contributed by atoms with Crippen LogP contribution in [0.15, 0.2) is 59.7 Å². The molecular formula is C18H21N3O2. The van der Waals surface area contributed by atoms with Gasteiger partial charge in [0.1, 0.15) is 5.75 Å². The highest BCUT2D eigenvalue weighted by Crippen LogP contribution is 2.11. The molecule has 0 aliphatic heterocycles. The number of rotatable bonds is 7. The monoisotopic (exact) mass is 311 g/mol. The summed E-state index contributed by atoms with van der Waals surface area (Å²) in [5.74, 6) is 0.838. The highest BCUT2D eigenvalue weighted by molar-refractivity contribution is 5.90. The molecule has 0 spiro atoms. The fourth-order valence-corrected chi connectivity index (χ4v) is 1.83. The van der Waals surface area contributed by atoms with E-state index in [1.54, 1.807) is 18.3 Å². The lowest BCUT2D eigenvalue weighted by molar-refractivity contribution is 0.252. The van der Waals surface area contributed by atoms with Crippen LogP contribution >= 0.6 is 0 Å². The lowest BCUT2D eigenvalue weighted by atomic mass is 10.2. The second kappa shape index (κ2) is 9.25. The standard InChI is InChI=1S/C18H21N3O2/c1-2-3-13-23-17-11-9-15(10-12-17)14-19-21-18(22)20-16-7-5-4-6-8-16/h4-12,14H,2-3,13H2,1H3,(H2,20,21,22). The first kappa shape index (κ1) is 16.5. The minimum absolute atomic E-state index is 0.382. The van der Waals surface area contributed by atoms with Crippen molar-refractivity contribution in [1.82, 2.24) is 5.43 Å². The van der Waals surface area contributed by atoms with Crippen molar-refractivity contribution in [2.75, 3.05) is 11.9 Å². The summed E-state index contributed by atoms with van der Waals surface area (Å²) in [5.41, 5.74) is 4.02. The van der Waals surface area contributed by atoms with Gasteiger partial charge in [-0.3, -0.25) is 0 Å².